The number of hydrogen-bond donors (Lipinski definition) is 4. The zero-order valence-corrected chi connectivity index (χ0v) is 11.8. The van der Waals surface area contributed by atoms with Crippen LogP contribution in [0.3, 0.4) is 0 Å². The largest absolute Gasteiger partial charge is 0.426 e. The third-order valence-corrected chi connectivity index (χ3v) is 3.49. The molecule has 0 heterocycles. The normalized spacial score (nSPS) is 19.5. The van der Waals surface area contributed by atoms with Crippen LogP contribution in [-0.2, 0) is 19.1 Å². The molecule has 0 radical (unpaired) electrons. The molecule has 0 atom stereocenters. The summed E-state index contributed by atoms with van der Waals surface area (Å²) in [4.78, 5) is 45.0. The number of ether oxygens (including phenoxy) is 2. The van der Waals surface area contributed by atoms with Crippen molar-refractivity contribution >= 4 is 24.1 Å². The highest BCUT2D eigenvalue weighted by Gasteiger charge is 2.39. The van der Waals surface area contributed by atoms with Crippen molar-refractivity contribution in [2.24, 2.45) is 11.5 Å². The average Bonchev–Trinajstić information content (AvgIpc) is 3.35. The van der Waals surface area contributed by atoms with Crippen molar-refractivity contribution in [3.63, 3.8) is 0 Å². The highest BCUT2D eigenvalue weighted by Crippen LogP contribution is 2.31. The van der Waals surface area contributed by atoms with E-state index in [1.54, 1.807) is 0 Å². The Morgan fingerprint density at radius 1 is 0.773 bits per heavy atom. The van der Waals surface area contributed by atoms with Crippen LogP contribution in [0, 0.1) is 0 Å². The lowest BCUT2D eigenvalue weighted by atomic mass is 10.3. The number of alkyl carbamates (subject to hydrolysis) is 2. The van der Waals surface area contributed by atoms with Gasteiger partial charge in [-0.25, -0.2) is 19.2 Å². The zero-order chi connectivity index (χ0) is 16.4. The van der Waals surface area contributed by atoms with Crippen molar-refractivity contribution in [1.29, 1.82) is 0 Å². The fraction of sp³-hybridized carbons (Fsp3) is 0.667. The van der Waals surface area contributed by atoms with E-state index in [0.29, 0.717) is 0 Å². The maximum atomic E-state index is 11.2. The second-order valence-electron chi connectivity index (χ2n) is 5.79. The van der Waals surface area contributed by atoms with Gasteiger partial charge in [0, 0.05) is 24.2 Å². The number of hydrogen-bond acceptors (Lipinski definition) is 8. The second-order valence-corrected chi connectivity index (χ2v) is 5.79. The van der Waals surface area contributed by atoms with Gasteiger partial charge in [0.1, 0.15) is 0 Å². The molecule has 10 nitrogen and oxygen atoms in total. The van der Waals surface area contributed by atoms with Gasteiger partial charge in [0.2, 0.25) is 0 Å². The molecular weight excluding hydrogens is 296 g/mol. The molecule has 2 fully saturated rings. The Morgan fingerprint density at radius 3 is 1.36 bits per heavy atom. The standard InChI is InChI=1S/C12H18N4O6/c13-11(1-2-11)5-15-9(19)21-7(17)8(18)22-10(20)16-6-12(14)3-4-12/h1-6,13-14H2,(H,15,19)(H,16,20). The highest BCUT2D eigenvalue weighted by molar-refractivity contribution is 6.33. The molecule has 10 heteroatoms. The summed E-state index contributed by atoms with van der Waals surface area (Å²) in [5.41, 5.74) is 10.5. The molecule has 2 rings (SSSR count). The molecule has 122 valence electrons. The molecule has 0 aromatic rings. The Kier molecular flexibility index (Phi) is 4.33. The topological polar surface area (TPSA) is 163 Å². The minimum atomic E-state index is -1.59. The number of amides is 2. The molecule has 2 saturated carbocycles. The van der Waals surface area contributed by atoms with Crippen LogP contribution in [0.2, 0.25) is 0 Å². The van der Waals surface area contributed by atoms with Crippen LogP contribution in [0.1, 0.15) is 25.7 Å². The van der Waals surface area contributed by atoms with Gasteiger partial charge >= 0.3 is 24.1 Å². The molecule has 0 aromatic heterocycles. The fourth-order valence-corrected chi connectivity index (χ4v) is 1.49. The van der Waals surface area contributed by atoms with Crippen LogP contribution in [0.25, 0.3) is 0 Å². The summed E-state index contributed by atoms with van der Waals surface area (Å²) in [7, 11) is 0. The van der Waals surface area contributed by atoms with Crippen molar-refractivity contribution in [3.8, 4) is 0 Å². The molecule has 0 aliphatic heterocycles. The molecule has 0 saturated heterocycles. The van der Waals surface area contributed by atoms with Crippen LogP contribution in [0.5, 0.6) is 0 Å². The second kappa shape index (κ2) is 5.89. The van der Waals surface area contributed by atoms with E-state index in [-0.39, 0.29) is 13.1 Å². The molecule has 22 heavy (non-hydrogen) atoms. The molecule has 0 aromatic carbocycles. The van der Waals surface area contributed by atoms with Gasteiger partial charge in [-0.3, -0.25) is 0 Å². The highest BCUT2D eigenvalue weighted by atomic mass is 16.6. The summed E-state index contributed by atoms with van der Waals surface area (Å²) >= 11 is 0. The van der Waals surface area contributed by atoms with E-state index in [1.807, 2.05) is 0 Å². The van der Waals surface area contributed by atoms with E-state index >= 15 is 0 Å². The van der Waals surface area contributed by atoms with E-state index in [0.717, 1.165) is 25.7 Å². The summed E-state index contributed by atoms with van der Waals surface area (Å²) in [5, 5.41) is 4.49. The summed E-state index contributed by atoms with van der Waals surface area (Å²) < 4.78 is 8.34. The fourth-order valence-electron chi connectivity index (χ4n) is 1.49. The first-order valence-corrected chi connectivity index (χ1v) is 6.79. The predicted octanol–water partition coefficient (Wildman–Crippen LogP) is -1.53. The van der Waals surface area contributed by atoms with Crippen LogP contribution in [0.15, 0.2) is 0 Å². The summed E-state index contributed by atoms with van der Waals surface area (Å²) in [6, 6.07) is 0. The third-order valence-electron chi connectivity index (χ3n) is 3.49. The predicted molar refractivity (Wildman–Crippen MR) is 71.3 cm³/mol. The third kappa shape index (κ3) is 4.97. The Bertz CT molecular complexity index is 466. The molecule has 2 aliphatic carbocycles. The Labute approximate surface area is 125 Å². The van der Waals surface area contributed by atoms with Crippen molar-refractivity contribution < 1.29 is 28.7 Å². The Morgan fingerprint density at radius 2 is 1.09 bits per heavy atom. The minimum Gasteiger partial charge on any atom is -0.368 e. The van der Waals surface area contributed by atoms with Gasteiger partial charge in [0.25, 0.3) is 0 Å². The van der Waals surface area contributed by atoms with Gasteiger partial charge in [-0.2, -0.15) is 0 Å². The van der Waals surface area contributed by atoms with Gasteiger partial charge in [-0.05, 0) is 25.7 Å². The van der Waals surface area contributed by atoms with Crippen LogP contribution >= 0.6 is 0 Å². The number of carbonyl (C=O) groups is 4. The monoisotopic (exact) mass is 314 g/mol. The van der Waals surface area contributed by atoms with E-state index in [2.05, 4.69) is 20.1 Å². The number of rotatable bonds is 4. The maximum absolute atomic E-state index is 11.2. The van der Waals surface area contributed by atoms with Crippen molar-refractivity contribution in [2.75, 3.05) is 13.1 Å². The average molecular weight is 314 g/mol. The molecule has 2 amide bonds. The number of nitrogens with one attached hydrogen (secondary N) is 2. The van der Waals surface area contributed by atoms with Crippen LogP contribution in [0.4, 0.5) is 9.59 Å². The van der Waals surface area contributed by atoms with E-state index in [9.17, 15) is 19.2 Å². The molecule has 0 bridgehead atoms. The van der Waals surface area contributed by atoms with Crippen LogP contribution < -0.4 is 22.1 Å². The smallest absolute Gasteiger partial charge is 0.368 e. The van der Waals surface area contributed by atoms with Gasteiger partial charge in [-0.15, -0.1) is 0 Å². The van der Waals surface area contributed by atoms with E-state index in [1.165, 1.54) is 0 Å². The summed E-state index contributed by atoms with van der Waals surface area (Å²) in [6.45, 7) is 0.264. The Balaban J connectivity index is 1.63. The SMILES string of the molecule is NC1(CNC(=O)OC(=O)C(=O)OC(=O)NCC2(N)CC2)CC1. The van der Waals surface area contributed by atoms with Crippen molar-refractivity contribution in [2.45, 2.75) is 36.8 Å². The summed E-state index contributed by atoms with van der Waals surface area (Å²) in [6.07, 6.45) is 0.770. The number of carbonyl (C=O) groups excluding carboxylic acids is 4. The van der Waals surface area contributed by atoms with Crippen molar-refractivity contribution in [3.05, 3.63) is 0 Å². The first kappa shape index (κ1) is 16.2. The quantitative estimate of drug-likeness (QED) is 0.276. The lowest BCUT2D eigenvalue weighted by Crippen LogP contribution is -2.42. The number of esters is 2. The van der Waals surface area contributed by atoms with E-state index < -0.39 is 35.2 Å². The maximum Gasteiger partial charge on any atom is 0.426 e. The van der Waals surface area contributed by atoms with Gasteiger partial charge in [0.15, 0.2) is 0 Å². The first-order valence-electron chi connectivity index (χ1n) is 6.79. The Hall–Kier alpha value is -2.20. The lowest BCUT2D eigenvalue weighted by Gasteiger charge is -2.10. The lowest BCUT2D eigenvalue weighted by molar-refractivity contribution is -0.160. The molecule has 2 aliphatic rings. The van der Waals surface area contributed by atoms with Crippen molar-refractivity contribution in [1.82, 2.24) is 10.6 Å². The van der Waals surface area contributed by atoms with Crippen LogP contribution in [-0.4, -0.2) is 48.3 Å². The molecular formula is C12H18N4O6. The molecule has 0 unspecified atom stereocenters. The van der Waals surface area contributed by atoms with E-state index in [4.69, 9.17) is 11.5 Å². The molecule has 6 N–H and O–H groups in total. The van der Waals surface area contributed by atoms with Gasteiger partial charge in [-0.1, -0.05) is 0 Å². The number of nitrogens with two attached hydrogens (primary N) is 2. The van der Waals surface area contributed by atoms with Gasteiger partial charge < -0.3 is 31.6 Å². The zero-order valence-electron chi connectivity index (χ0n) is 11.8. The molecule has 0 spiro atoms. The minimum absolute atomic E-state index is 0.132. The first-order chi connectivity index (χ1) is 10.2. The summed E-state index contributed by atoms with van der Waals surface area (Å²) in [5.74, 6) is -3.19. The van der Waals surface area contributed by atoms with Gasteiger partial charge in [0.05, 0.1) is 0 Å².